The standard InChI is InChI=1S/C21H23FN6O/c1-3-23-20(29)21(9-16-6-4-5-7-17(16)22)12-27(13-21)18-8-19(25-14-24-18)28-11-15(2)10-26-28/h4-8,10-11,14H,3,9,12-13H2,1-2H3,(H,23,29). The average Bonchev–Trinajstić information content (AvgIpc) is 3.12. The Morgan fingerprint density at radius 1 is 1.24 bits per heavy atom. The number of rotatable bonds is 6. The zero-order valence-electron chi connectivity index (χ0n) is 16.5. The highest BCUT2D eigenvalue weighted by molar-refractivity contribution is 5.86. The van der Waals surface area contributed by atoms with Gasteiger partial charge in [-0.25, -0.2) is 19.0 Å². The summed E-state index contributed by atoms with van der Waals surface area (Å²) in [6.45, 7) is 5.30. The summed E-state index contributed by atoms with van der Waals surface area (Å²) >= 11 is 0. The molecule has 1 N–H and O–H groups in total. The molecule has 3 heterocycles. The lowest BCUT2D eigenvalue weighted by atomic mass is 9.73. The van der Waals surface area contributed by atoms with Gasteiger partial charge in [0.25, 0.3) is 0 Å². The van der Waals surface area contributed by atoms with Gasteiger partial charge in [-0.15, -0.1) is 0 Å². The highest BCUT2D eigenvalue weighted by Crippen LogP contribution is 2.37. The van der Waals surface area contributed by atoms with Gasteiger partial charge in [0, 0.05) is 31.9 Å². The molecule has 0 saturated carbocycles. The molecular weight excluding hydrogens is 371 g/mol. The van der Waals surface area contributed by atoms with Crippen LogP contribution in [0.5, 0.6) is 0 Å². The fraction of sp³-hybridized carbons (Fsp3) is 0.333. The first-order valence-corrected chi connectivity index (χ1v) is 9.61. The smallest absolute Gasteiger partial charge is 0.230 e. The van der Waals surface area contributed by atoms with Crippen molar-refractivity contribution >= 4 is 11.7 Å². The predicted molar refractivity (Wildman–Crippen MR) is 107 cm³/mol. The fourth-order valence-electron chi connectivity index (χ4n) is 3.71. The minimum absolute atomic E-state index is 0.0588. The van der Waals surface area contributed by atoms with Crippen molar-refractivity contribution in [3.05, 3.63) is 66.0 Å². The van der Waals surface area contributed by atoms with Gasteiger partial charge < -0.3 is 10.2 Å². The molecule has 3 aromatic rings. The zero-order chi connectivity index (χ0) is 20.4. The molecule has 8 heteroatoms. The summed E-state index contributed by atoms with van der Waals surface area (Å²) in [5, 5.41) is 7.18. The van der Waals surface area contributed by atoms with Crippen molar-refractivity contribution in [2.24, 2.45) is 5.41 Å². The van der Waals surface area contributed by atoms with Gasteiger partial charge in [-0.2, -0.15) is 5.10 Å². The van der Waals surface area contributed by atoms with Crippen molar-refractivity contribution in [3.8, 4) is 5.82 Å². The van der Waals surface area contributed by atoms with Gasteiger partial charge in [-0.3, -0.25) is 4.79 Å². The Morgan fingerprint density at radius 3 is 2.69 bits per heavy atom. The number of nitrogens with one attached hydrogen (secondary N) is 1. The molecule has 1 aromatic carbocycles. The lowest BCUT2D eigenvalue weighted by molar-refractivity contribution is -0.132. The van der Waals surface area contributed by atoms with Crippen molar-refractivity contribution in [3.63, 3.8) is 0 Å². The van der Waals surface area contributed by atoms with E-state index < -0.39 is 5.41 Å². The highest BCUT2D eigenvalue weighted by Gasteiger charge is 2.50. The van der Waals surface area contributed by atoms with Crippen LogP contribution in [0.2, 0.25) is 0 Å². The SMILES string of the molecule is CCNC(=O)C1(Cc2ccccc2F)CN(c2cc(-n3cc(C)cn3)ncn2)C1. The molecule has 1 saturated heterocycles. The van der Waals surface area contributed by atoms with Crippen LogP contribution in [0.4, 0.5) is 10.2 Å². The number of halogens is 1. The lowest BCUT2D eigenvalue weighted by Crippen LogP contribution is -2.64. The van der Waals surface area contributed by atoms with E-state index in [-0.39, 0.29) is 11.7 Å². The van der Waals surface area contributed by atoms with Crippen molar-refractivity contribution in [2.75, 3.05) is 24.5 Å². The third-order valence-corrected chi connectivity index (χ3v) is 5.20. The number of carbonyl (C=O) groups is 1. The van der Waals surface area contributed by atoms with Gasteiger partial charge in [0.2, 0.25) is 5.91 Å². The molecule has 0 radical (unpaired) electrons. The van der Waals surface area contributed by atoms with Crippen LogP contribution in [0.15, 0.2) is 49.1 Å². The summed E-state index contributed by atoms with van der Waals surface area (Å²) in [5.41, 5.74) is 0.897. The molecular formula is C21H23FN6O. The average molecular weight is 394 g/mol. The third-order valence-electron chi connectivity index (χ3n) is 5.20. The summed E-state index contributed by atoms with van der Waals surface area (Å²) in [6.07, 6.45) is 5.49. The quantitative estimate of drug-likeness (QED) is 0.694. The normalized spacial score (nSPS) is 15.1. The third kappa shape index (κ3) is 3.70. The number of benzene rings is 1. The second-order valence-electron chi connectivity index (χ2n) is 7.46. The zero-order valence-corrected chi connectivity index (χ0v) is 16.5. The number of amides is 1. The monoisotopic (exact) mass is 394 g/mol. The van der Waals surface area contributed by atoms with Crippen molar-refractivity contribution in [1.29, 1.82) is 0 Å². The Hall–Kier alpha value is -3.29. The largest absolute Gasteiger partial charge is 0.356 e. The maximum atomic E-state index is 14.2. The van der Waals surface area contributed by atoms with Gasteiger partial charge in [0.15, 0.2) is 5.82 Å². The molecule has 0 bridgehead atoms. The molecule has 0 aliphatic carbocycles. The molecule has 1 fully saturated rings. The van der Waals surface area contributed by atoms with E-state index >= 15 is 0 Å². The van der Waals surface area contributed by atoms with Gasteiger partial charge >= 0.3 is 0 Å². The van der Waals surface area contributed by atoms with Gasteiger partial charge in [-0.05, 0) is 37.5 Å². The van der Waals surface area contributed by atoms with Crippen LogP contribution < -0.4 is 10.2 Å². The van der Waals surface area contributed by atoms with Crippen LogP contribution in [-0.2, 0) is 11.2 Å². The van der Waals surface area contributed by atoms with E-state index in [2.05, 4.69) is 20.4 Å². The van der Waals surface area contributed by atoms with Crippen LogP contribution in [0, 0.1) is 18.2 Å². The van der Waals surface area contributed by atoms with E-state index in [9.17, 15) is 9.18 Å². The Balaban J connectivity index is 1.56. The molecule has 29 heavy (non-hydrogen) atoms. The summed E-state index contributed by atoms with van der Waals surface area (Å²) in [5.74, 6) is 1.04. The maximum absolute atomic E-state index is 14.2. The molecule has 2 aromatic heterocycles. The molecule has 0 atom stereocenters. The predicted octanol–water partition coefficient (Wildman–Crippen LogP) is 2.30. The van der Waals surface area contributed by atoms with E-state index in [0.29, 0.717) is 37.4 Å². The van der Waals surface area contributed by atoms with Crippen LogP contribution in [0.25, 0.3) is 5.82 Å². The second kappa shape index (κ2) is 7.62. The minimum Gasteiger partial charge on any atom is -0.356 e. The number of hydrogen-bond donors (Lipinski definition) is 1. The number of aromatic nitrogens is 4. The molecule has 150 valence electrons. The molecule has 0 unspecified atom stereocenters. The molecule has 1 amide bonds. The van der Waals surface area contributed by atoms with Crippen molar-refractivity contribution in [2.45, 2.75) is 20.3 Å². The molecule has 7 nitrogen and oxygen atoms in total. The van der Waals surface area contributed by atoms with E-state index in [1.165, 1.54) is 12.4 Å². The first kappa shape index (κ1) is 19.0. The Labute approximate surface area is 168 Å². The van der Waals surface area contributed by atoms with Crippen LogP contribution in [0.3, 0.4) is 0 Å². The Kier molecular flexibility index (Phi) is 5.00. The molecule has 1 aliphatic rings. The van der Waals surface area contributed by atoms with Gasteiger partial charge in [0.05, 0.1) is 11.6 Å². The second-order valence-corrected chi connectivity index (χ2v) is 7.46. The number of hydrogen-bond acceptors (Lipinski definition) is 5. The summed E-state index contributed by atoms with van der Waals surface area (Å²) < 4.78 is 15.9. The Bertz CT molecular complexity index is 1030. The maximum Gasteiger partial charge on any atom is 0.230 e. The van der Waals surface area contributed by atoms with Crippen LogP contribution in [0.1, 0.15) is 18.1 Å². The van der Waals surface area contributed by atoms with E-state index in [1.807, 2.05) is 31.0 Å². The lowest BCUT2D eigenvalue weighted by Gasteiger charge is -2.49. The van der Waals surface area contributed by atoms with Gasteiger partial charge in [0.1, 0.15) is 18.0 Å². The summed E-state index contributed by atoms with van der Waals surface area (Å²) in [7, 11) is 0. The molecule has 0 spiro atoms. The number of carbonyl (C=O) groups excluding carboxylic acids is 1. The van der Waals surface area contributed by atoms with Crippen molar-refractivity contribution in [1.82, 2.24) is 25.1 Å². The number of aryl methyl sites for hydroxylation is 1. The first-order chi connectivity index (χ1) is 14.0. The fourth-order valence-corrected chi connectivity index (χ4v) is 3.71. The van der Waals surface area contributed by atoms with Crippen LogP contribution in [-0.4, -0.2) is 45.3 Å². The minimum atomic E-state index is -0.689. The van der Waals surface area contributed by atoms with E-state index in [1.54, 1.807) is 29.1 Å². The van der Waals surface area contributed by atoms with E-state index in [4.69, 9.17) is 0 Å². The number of nitrogens with zero attached hydrogens (tertiary/aromatic N) is 5. The summed E-state index contributed by atoms with van der Waals surface area (Å²) in [4.78, 5) is 23.5. The topological polar surface area (TPSA) is 75.9 Å². The first-order valence-electron chi connectivity index (χ1n) is 9.61. The molecule has 1 aliphatic heterocycles. The van der Waals surface area contributed by atoms with Crippen LogP contribution >= 0.6 is 0 Å². The highest BCUT2D eigenvalue weighted by atomic mass is 19.1. The molecule has 4 rings (SSSR count). The van der Waals surface area contributed by atoms with E-state index in [0.717, 1.165) is 11.4 Å². The van der Waals surface area contributed by atoms with Gasteiger partial charge in [-0.1, -0.05) is 18.2 Å². The summed E-state index contributed by atoms with van der Waals surface area (Å²) in [6, 6.07) is 8.46. The Morgan fingerprint density at radius 2 is 2.00 bits per heavy atom. The number of anilines is 1. The van der Waals surface area contributed by atoms with Crippen molar-refractivity contribution < 1.29 is 9.18 Å².